The number of aryl methyl sites for hydroxylation is 1. The van der Waals surface area contributed by atoms with E-state index in [1.54, 1.807) is 19.3 Å². The van der Waals surface area contributed by atoms with Crippen LogP contribution in [0.1, 0.15) is 19.3 Å². The van der Waals surface area contributed by atoms with Crippen LogP contribution in [0, 0.1) is 10.1 Å². The molecule has 1 saturated heterocycles. The number of nitro benzene ring substituents is 1. The SMILES string of the molecule is Cn1ccc(NC(=O)C2CCCCN2S(=O)(=O)c2ccc([N+](=O)[O-])cc2)n1. The van der Waals surface area contributed by atoms with Gasteiger partial charge in [-0.15, -0.1) is 0 Å². The van der Waals surface area contributed by atoms with Crippen LogP contribution in [0.5, 0.6) is 0 Å². The first-order valence-corrected chi connectivity index (χ1v) is 9.80. The molecule has 0 bridgehead atoms. The molecule has 0 radical (unpaired) electrons. The van der Waals surface area contributed by atoms with Crippen molar-refractivity contribution in [1.29, 1.82) is 0 Å². The van der Waals surface area contributed by atoms with Gasteiger partial charge in [-0.25, -0.2) is 8.42 Å². The van der Waals surface area contributed by atoms with Gasteiger partial charge in [0.1, 0.15) is 6.04 Å². The molecule has 0 spiro atoms. The Morgan fingerprint density at radius 2 is 1.96 bits per heavy atom. The van der Waals surface area contributed by atoms with Gasteiger partial charge < -0.3 is 5.32 Å². The highest BCUT2D eigenvalue weighted by atomic mass is 32.2. The fourth-order valence-corrected chi connectivity index (χ4v) is 4.68. The number of nitro groups is 1. The molecular formula is C16H19N5O5S. The van der Waals surface area contributed by atoms with E-state index < -0.39 is 26.9 Å². The van der Waals surface area contributed by atoms with Crippen LogP contribution in [0.4, 0.5) is 11.5 Å². The van der Waals surface area contributed by atoms with Crippen molar-refractivity contribution in [3.63, 3.8) is 0 Å². The first-order valence-electron chi connectivity index (χ1n) is 8.36. The molecule has 1 aromatic heterocycles. The van der Waals surface area contributed by atoms with Gasteiger partial charge in [0, 0.05) is 38.0 Å². The molecule has 0 aliphatic carbocycles. The van der Waals surface area contributed by atoms with Crippen LogP contribution < -0.4 is 5.32 Å². The molecule has 1 amide bonds. The molecule has 27 heavy (non-hydrogen) atoms. The molecular weight excluding hydrogens is 374 g/mol. The third kappa shape index (κ3) is 3.98. The van der Waals surface area contributed by atoms with Crippen molar-refractivity contribution in [2.45, 2.75) is 30.2 Å². The molecule has 1 aliphatic rings. The minimum Gasteiger partial charge on any atom is -0.308 e. The number of non-ortho nitro benzene ring substituents is 1. The van der Waals surface area contributed by atoms with Gasteiger partial charge in [0.25, 0.3) is 5.69 Å². The van der Waals surface area contributed by atoms with Gasteiger partial charge in [-0.05, 0) is 25.0 Å². The Hall–Kier alpha value is -2.79. The van der Waals surface area contributed by atoms with Crippen LogP contribution in [0.15, 0.2) is 41.4 Å². The molecule has 144 valence electrons. The van der Waals surface area contributed by atoms with E-state index in [-0.39, 0.29) is 17.1 Å². The number of hydrogen-bond acceptors (Lipinski definition) is 6. The van der Waals surface area contributed by atoms with Gasteiger partial charge in [0.2, 0.25) is 15.9 Å². The summed E-state index contributed by atoms with van der Waals surface area (Å²) in [6.45, 7) is 0.208. The number of carbonyl (C=O) groups is 1. The maximum Gasteiger partial charge on any atom is 0.269 e. The number of anilines is 1. The largest absolute Gasteiger partial charge is 0.308 e. The zero-order valence-electron chi connectivity index (χ0n) is 14.6. The first kappa shape index (κ1) is 19.0. The summed E-state index contributed by atoms with van der Waals surface area (Å²) >= 11 is 0. The molecule has 1 aliphatic heterocycles. The predicted molar refractivity (Wildman–Crippen MR) is 96.5 cm³/mol. The summed E-state index contributed by atoms with van der Waals surface area (Å²) in [4.78, 5) is 22.7. The van der Waals surface area contributed by atoms with E-state index in [4.69, 9.17) is 0 Å². The molecule has 11 heteroatoms. The standard InChI is InChI=1S/C16H19N5O5S/c1-19-11-9-15(18-19)17-16(22)14-4-2-3-10-20(14)27(25,26)13-7-5-12(6-8-13)21(23)24/h5-9,11,14H,2-4,10H2,1H3,(H,17,18,22). The number of piperidine rings is 1. The van der Waals surface area contributed by atoms with Crippen LogP contribution >= 0.6 is 0 Å². The zero-order chi connectivity index (χ0) is 19.6. The Morgan fingerprint density at radius 3 is 2.56 bits per heavy atom. The van der Waals surface area contributed by atoms with E-state index in [0.29, 0.717) is 18.7 Å². The van der Waals surface area contributed by atoms with Gasteiger partial charge in [-0.3, -0.25) is 19.6 Å². The lowest BCUT2D eigenvalue weighted by Crippen LogP contribution is -2.49. The molecule has 3 rings (SSSR count). The number of aromatic nitrogens is 2. The fraction of sp³-hybridized carbons (Fsp3) is 0.375. The highest BCUT2D eigenvalue weighted by molar-refractivity contribution is 7.89. The smallest absolute Gasteiger partial charge is 0.269 e. The molecule has 1 N–H and O–H groups in total. The van der Waals surface area contributed by atoms with Crippen LogP contribution in [-0.2, 0) is 21.9 Å². The minimum absolute atomic E-state index is 0.0781. The summed E-state index contributed by atoms with van der Waals surface area (Å²) in [5, 5.41) is 17.5. The quantitative estimate of drug-likeness (QED) is 0.606. The molecule has 10 nitrogen and oxygen atoms in total. The third-order valence-corrected chi connectivity index (χ3v) is 6.30. The number of rotatable bonds is 5. The molecule has 1 atom stereocenters. The second-order valence-electron chi connectivity index (χ2n) is 6.24. The highest BCUT2D eigenvalue weighted by Gasteiger charge is 2.38. The Balaban J connectivity index is 1.84. The number of nitrogens with zero attached hydrogens (tertiary/aromatic N) is 4. The average molecular weight is 393 g/mol. The van der Waals surface area contributed by atoms with E-state index >= 15 is 0 Å². The van der Waals surface area contributed by atoms with Crippen molar-refractivity contribution in [3.8, 4) is 0 Å². The van der Waals surface area contributed by atoms with Gasteiger partial charge in [0.15, 0.2) is 5.82 Å². The molecule has 1 aromatic carbocycles. The molecule has 0 saturated carbocycles. The Kier molecular flexibility index (Phi) is 5.24. The Labute approximate surface area is 156 Å². The average Bonchev–Trinajstić information content (AvgIpc) is 3.06. The second kappa shape index (κ2) is 7.45. The van der Waals surface area contributed by atoms with Crippen LogP contribution in [0.2, 0.25) is 0 Å². The van der Waals surface area contributed by atoms with Crippen molar-refractivity contribution in [2.24, 2.45) is 7.05 Å². The predicted octanol–water partition coefficient (Wildman–Crippen LogP) is 1.51. The van der Waals surface area contributed by atoms with Crippen molar-refractivity contribution >= 4 is 27.4 Å². The zero-order valence-corrected chi connectivity index (χ0v) is 15.4. The lowest BCUT2D eigenvalue weighted by Gasteiger charge is -2.33. The topological polar surface area (TPSA) is 127 Å². The monoisotopic (exact) mass is 393 g/mol. The van der Waals surface area contributed by atoms with E-state index in [1.165, 1.54) is 16.8 Å². The maximum absolute atomic E-state index is 13.0. The summed E-state index contributed by atoms with van der Waals surface area (Å²) in [6, 6.07) is 5.42. The highest BCUT2D eigenvalue weighted by Crippen LogP contribution is 2.27. The number of hydrogen-bond donors (Lipinski definition) is 1. The van der Waals surface area contributed by atoms with Gasteiger partial charge >= 0.3 is 0 Å². The molecule has 2 heterocycles. The van der Waals surface area contributed by atoms with Crippen molar-refractivity contribution in [2.75, 3.05) is 11.9 Å². The number of amides is 1. The lowest BCUT2D eigenvalue weighted by molar-refractivity contribution is -0.384. The van der Waals surface area contributed by atoms with Gasteiger partial charge in [-0.1, -0.05) is 6.42 Å². The number of sulfonamides is 1. The van der Waals surface area contributed by atoms with Crippen molar-refractivity contribution in [1.82, 2.24) is 14.1 Å². The van der Waals surface area contributed by atoms with E-state index in [2.05, 4.69) is 10.4 Å². The Bertz CT molecular complexity index is 954. The van der Waals surface area contributed by atoms with Gasteiger partial charge in [-0.2, -0.15) is 9.40 Å². The minimum atomic E-state index is -3.96. The molecule has 1 fully saturated rings. The lowest BCUT2D eigenvalue weighted by atomic mass is 10.0. The van der Waals surface area contributed by atoms with E-state index in [9.17, 15) is 23.3 Å². The summed E-state index contributed by atoms with van der Waals surface area (Å²) in [7, 11) is -2.25. The van der Waals surface area contributed by atoms with Crippen LogP contribution in [0.3, 0.4) is 0 Å². The van der Waals surface area contributed by atoms with Crippen LogP contribution in [-0.4, -0.2) is 45.9 Å². The summed E-state index contributed by atoms with van der Waals surface area (Å²) < 4.78 is 28.7. The molecule has 2 aromatic rings. The third-order valence-electron chi connectivity index (χ3n) is 4.38. The maximum atomic E-state index is 13.0. The van der Waals surface area contributed by atoms with Gasteiger partial charge in [0.05, 0.1) is 9.82 Å². The summed E-state index contributed by atoms with van der Waals surface area (Å²) in [5.41, 5.74) is -0.197. The normalized spacial score (nSPS) is 18.2. The number of benzene rings is 1. The number of nitrogens with one attached hydrogen (secondary N) is 1. The van der Waals surface area contributed by atoms with Crippen molar-refractivity contribution < 1.29 is 18.1 Å². The summed E-state index contributed by atoms with van der Waals surface area (Å²) in [5.74, 6) is -0.0976. The van der Waals surface area contributed by atoms with Crippen molar-refractivity contribution in [3.05, 3.63) is 46.6 Å². The van der Waals surface area contributed by atoms with E-state index in [0.717, 1.165) is 22.9 Å². The first-order chi connectivity index (χ1) is 12.8. The second-order valence-corrected chi connectivity index (χ2v) is 8.13. The molecule has 1 unspecified atom stereocenters. The van der Waals surface area contributed by atoms with Crippen LogP contribution in [0.25, 0.3) is 0 Å². The fourth-order valence-electron chi connectivity index (χ4n) is 3.02. The van der Waals surface area contributed by atoms with E-state index in [1.807, 2.05) is 0 Å². The Morgan fingerprint density at radius 1 is 1.26 bits per heavy atom. The number of carbonyl (C=O) groups excluding carboxylic acids is 1. The summed E-state index contributed by atoms with van der Waals surface area (Å²) in [6.07, 6.45) is 3.43.